The van der Waals surface area contributed by atoms with Gasteiger partial charge in [0.05, 0.1) is 17.2 Å². The third-order valence-corrected chi connectivity index (χ3v) is 14.2. The smallest absolute Gasteiger partial charge is 0.306 e. The van der Waals surface area contributed by atoms with Gasteiger partial charge in [0.25, 0.3) is 0 Å². The van der Waals surface area contributed by atoms with Crippen LogP contribution in [-0.2, 0) is 20.7 Å². The van der Waals surface area contributed by atoms with Crippen molar-refractivity contribution >= 4 is 11.8 Å². The van der Waals surface area contributed by atoms with E-state index in [1.54, 1.807) is 0 Å². The normalized spacial score (nSPS) is 35.3. The summed E-state index contributed by atoms with van der Waals surface area (Å²) in [6.07, 6.45) is 19.6. The van der Waals surface area contributed by atoms with Crippen molar-refractivity contribution in [2.24, 2.45) is 34.5 Å². The van der Waals surface area contributed by atoms with Crippen molar-refractivity contribution in [3.05, 3.63) is 83.0 Å². The second-order valence-electron chi connectivity index (χ2n) is 16.4. The Hall–Kier alpha value is -3.49. The molecular weight excluding hydrogens is 594 g/mol. The summed E-state index contributed by atoms with van der Waals surface area (Å²) in [5.41, 5.74) is 5.86. The average Bonchev–Trinajstić information content (AvgIpc) is 3.71. The van der Waals surface area contributed by atoms with Gasteiger partial charge in [0.15, 0.2) is 5.78 Å². The molecule has 7 atom stereocenters. The van der Waals surface area contributed by atoms with Crippen molar-refractivity contribution in [2.45, 2.75) is 108 Å². The van der Waals surface area contributed by atoms with Crippen LogP contribution in [0.2, 0.25) is 0 Å². The number of nitriles is 1. The zero-order valence-corrected chi connectivity index (χ0v) is 28.4. The third-order valence-electron chi connectivity index (χ3n) is 14.2. The number of nitrogens with zero attached hydrogens (tertiary/aromatic N) is 1. The number of ketones is 1. The highest BCUT2D eigenvalue weighted by Crippen LogP contribution is 2.73. The Morgan fingerprint density at radius 1 is 1.04 bits per heavy atom. The molecule has 48 heavy (non-hydrogen) atoms. The summed E-state index contributed by atoms with van der Waals surface area (Å²) in [6.45, 7) is 2.55. The van der Waals surface area contributed by atoms with Crippen LogP contribution in [0.15, 0.2) is 66.3 Å². The molecule has 0 heterocycles. The van der Waals surface area contributed by atoms with E-state index in [1.807, 2.05) is 42.5 Å². The lowest BCUT2D eigenvalue weighted by Crippen LogP contribution is -2.59. The highest BCUT2D eigenvalue weighted by Gasteiger charge is 2.67. The summed E-state index contributed by atoms with van der Waals surface area (Å²) in [5, 5.41) is 21.8. The lowest BCUT2D eigenvalue weighted by Gasteiger charge is -2.65. The molecule has 4 saturated carbocycles. The Kier molecular flexibility index (Phi) is 8.03. The number of benzene rings is 2. The predicted molar refractivity (Wildman–Crippen MR) is 186 cm³/mol. The van der Waals surface area contributed by atoms with Crippen LogP contribution in [0.3, 0.4) is 0 Å². The lowest BCUT2D eigenvalue weighted by molar-refractivity contribution is -0.142. The van der Waals surface area contributed by atoms with Gasteiger partial charge < -0.3 is 9.84 Å². The fraction of sp³-hybridized carbons (Fsp3) is 0.558. The summed E-state index contributed by atoms with van der Waals surface area (Å²) >= 11 is 0. The number of aliphatic hydroxyl groups is 1. The monoisotopic (exact) mass is 643 g/mol. The Labute approximate surface area is 285 Å². The standard InChI is InChI=1S/C43H49NO4/c1-41-26-37-35-14-12-31(30-10-7-29(27-44)8-11-30)23-32(35)25-42-20-17-34(45)24-33(42)13-15-36(40(37)42)38(41)18-21-43(41,47)19-4-22-48-39(46)16-9-28-5-2-3-6-28/h4,7-8,10-12,14,19,23-24,28,36-38,40,47H,2-3,5-6,9,13,15-18,20-22,25-26H2,1H3/b19-4-/t36-,37+,38-,40+,41-,42?,43-/m0/s1. The van der Waals surface area contributed by atoms with Crippen molar-refractivity contribution in [3.63, 3.8) is 0 Å². The number of allylic oxidation sites excluding steroid dienone is 1. The van der Waals surface area contributed by atoms with Crippen LogP contribution in [0.1, 0.15) is 113 Å². The van der Waals surface area contributed by atoms with Crippen molar-refractivity contribution in [1.29, 1.82) is 5.26 Å². The third kappa shape index (κ3) is 5.13. The summed E-state index contributed by atoms with van der Waals surface area (Å²) in [4.78, 5) is 25.3. The molecular formula is C43H49NO4. The van der Waals surface area contributed by atoms with Crippen LogP contribution in [0.5, 0.6) is 0 Å². The average molecular weight is 644 g/mol. The molecule has 2 aromatic carbocycles. The van der Waals surface area contributed by atoms with E-state index in [2.05, 4.69) is 31.2 Å². The number of fused-ring (bicyclic) bond motifs is 4. The van der Waals surface area contributed by atoms with Gasteiger partial charge in [0.2, 0.25) is 0 Å². The minimum atomic E-state index is -0.954. The van der Waals surface area contributed by atoms with Crippen molar-refractivity contribution in [2.75, 3.05) is 6.61 Å². The van der Waals surface area contributed by atoms with E-state index in [9.17, 15) is 20.0 Å². The molecule has 0 bridgehead atoms. The fourth-order valence-corrected chi connectivity index (χ4v) is 11.9. The molecule has 6 aliphatic carbocycles. The molecule has 0 saturated heterocycles. The van der Waals surface area contributed by atoms with E-state index in [0.717, 1.165) is 62.5 Å². The van der Waals surface area contributed by atoms with Gasteiger partial charge in [-0.2, -0.15) is 5.26 Å². The molecule has 1 N–H and O–H groups in total. The van der Waals surface area contributed by atoms with Gasteiger partial charge in [-0.15, -0.1) is 0 Å². The minimum absolute atomic E-state index is 0.00234. The zero-order valence-electron chi connectivity index (χ0n) is 28.4. The second-order valence-corrected chi connectivity index (χ2v) is 16.4. The van der Waals surface area contributed by atoms with Crippen LogP contribution in [0, 0.1) is 45.8 Å². The maximum atomic E-state index is 12.8. The number of carbonyl (C=O) groups is 2. The van der Waals surface area contributed by atoms with Gasteiger partial charge in [-0.1, -0.05) is 74.6 Å². The SMILES string of the molecule is C[C@]12C[C@@H]3c4ccc(-c5ccc(C#N)cc5)cc4CC45CCC(=O)C=C4CC[C@H]([C@H]35)[C@@H]1CC[C@@]2(O)/C=C\COC(=O)CCC1CCCC1. The molecule has 6 aliphatic rings. The molecule has 250 valence electrons. The van der Waals surface area contributed by atoms with Gasteiger partial charge in [0.1, 0.15) is 6.61 Å². The molecule has 5 nitrogen and oxygen atoms in total. The lowest BCUT2D eigenvalue weighted by atomic mass is 9.39. The molecule has 1 unspecified atom stereocenters. The molecule has 4 fully saturated rings. The number of hydrogen-bond acceptors (Lipinski definition) is 5. The zero-order chi connectivity index (χ0) is 33.1. The van der Waals surface area contributed by atoms with Crippen molar-refractivity contribution in [1.82, 2.24) is 0 Å². The largest absolute Gasteiger partial charge is 0.461 e. The summed E-state index contributed by atoms with van der Waals surface area (Å²) in [5.74, 6) is 2.52. The molecule has 5 heteroatoms. The summed E-state index contributed by atoms with van der Waals surface area (Å²) in [7, 11) is 0. The first-order valence-electron chi connectivity index (χ1n) is 18.7. The van der Waals surface area contributed by atoms with E-state index < -0.39 is 5.60 Å². The van der Waals surface area contributed by atoms with E-state index >= 15 is 0 Å². The van der Waals surface area contributed by atoms with Gasteiger partial charge in [-0.25, -0.2) is 0 Å². The van der Waals surface area contributed by atoms with E-state index in [0.29, 0.717) is 48.0 Å². The van der Waals surface area contributed by atoms with E-state index in [-0.39, 0.29) is 29.2 Å². The van der Waals surface area contributed by atoms with Crippen LogP contribution < -0.4 is 0 Å². The first kappa shape index (κ1) is 31.8. The molecule has 2 aromatic rings. The summed E-state index contributed by atoms with van der Waals surface area (Å²) in [6, 6.07) is 17.0. The van der Waals surface area contributed by atoms with Crippen LogP contribution in [0.25, 0.3) is 11.1 Å². The van der Waals surface area contributed by atoms with Gasteiger partial charge in [-0.3, -0.25) is 9.59 Å². The van der Waals surface area contributed by atoms with E-state index in [4.69, 9.17) is 4.74 Å². The van der Waals surface area contributed by atoms with Gasteiger partial charge in [0, 0.05) is 18.3 Å². The number of carbonyl (C=O) groups excluding carboxylic acids is 2. The maximum Gasteiger partial charge on any atom is 0.306 e. The highest BCUT2D eigenvalue weighted by atomic mass is 16.5. The maximum absolute atomic E-state index is 12.8. The molecule has 0 amide bonds. The van der Waals surface area contributed by atoms with Crippen LogP contribution >= 0.6 is 0 Å². The molecule has 0 aliphatic heterocycles. The minimum Gasteiger partial charge on any atom is -0.461 e. The molecule has 0 radical (unpaired) electrons. The first-order chi connectivity index (χ1) is 23.2. The fourth-order valence-electron chi connectivity index (χ4n) is 11.9. The Balaban J connectivity index is 1.09. The van der Waals surface area contributed by atoms with Crippen LogP contribution in [0.4, 0.5) is 0 Å². The topological polar surface area (TPSA) is 87.4 Å². The number of esters is 1. The highest BCUT2D eigenvalue weighted by molar-refractivity contribution is 5.91. The van der Waals surface area contributed by atoms with Crippen molar-refractivity contribution in [3.8, 4) is 17.2 Å². The predicted octanol–water partition coefficient (Wildman–Crippen LogP) is 8.79. The molecule has 0 aromatic heterocycles. The first-order valence-corrected chi connectivity index (χ1v) is 18.7. The summed E-state index contributed by atoms with van der Waals surface area (Å²) < 4.78 is 5.61. The van der Waals surface area contributed by atoms with Gasteiger partial charge >= 0.3 is 5.97 Å². The number of ether oxygens (including phenoxy) is 1. The molecule has 1 spiro atoms. The Morgan fingerprint density at radius 3 is 2.62 bits per heavy atom. The van der Waals surface area contributed by atoms with Crippen molar-refractivity contribution < 1.29 is 19.4 Å². The van der Waals surface area contributed by atoms with E-state index in [1.165, 1.54) is 42.4 Å². The quantitative estimate of drug-likeness (QED) is 0.241. The number of rotatable bonds is 7. The molecule has 8 rings (SSSR count). The van der Waals surface area contributed by atoms with Crippen LogP contribution in [-0.4, -0.2) is 29.1 Å². The van der Waals surface area contributed by atoms with Gasteiger partial charge in [-0.05, 0) is 133 Å². The Bertz CT molecular complexity index is 1710. The number of hydrogen-bond donors (Lipinski definition) is 1. The Morgan fingerprint density at radius 2 is 1.83 bits per heavy atom. The second kappa shape index (κ2) is 12.1.